The van der Waals surface area contributed by atoms with Crippen molar-refractivity contribution < 1.29 is 13.2 Å². The zero-order valence-corrected chi connectivity index (χ0v) is 20.6. The lowest BCUT2D eigenvalue weighted by Gasteiger charge is -2.28. The van der Waals surface area contributed by atoms with Gasteiger partial charge in [-0.25, -0.2) is 22.7 Å². The maximum Gasteiger partial charge on any atom is 0.242 e. The molecule has 0 atom stereocenters. The second-order valence-electron chi connectivity index (χ2n) is 8.14. The van der Waals surface area contributed by atoms with Crippen LogP contribution in [0.4, 0.5) is 17.3 Å². The van der Waals surface area contributed by atoms with Gasteiger partial charge in [-0.2, -0.15) is 0 Å². The second-order valence-corrected chi connectivity index (χ2v) is 11.2. The van der Waals surface area contributed by atoms with E-state index in [0.717, 1.165) is 59.0 Å². The minimum absolute atomic E-state index is 0.252. The molecular weight excluding hydrogens is 470 g/mol. The predicted molar refractivity (Wildman–Crippen MR) is 136 cm³/mol. The number of fused-ring (bicyclic) bond motifs is 1. The van der Waals surface area contributed by atoms with E-state index in [2.05, 4.69) is 27.3 Å². The van der Waals surface area contributed by atoms with Crippen LogP contribution in [0.2, 0.25) is 0 Å². The molecule has 0 saturated carbocycles. The fourth-order valence-corrected chi connectivity index (χ4v) is 5.66. The van der Waals surface area contributed by atoms with Crippen molar-refractivity contribution in [2.75, 3.05) is 50.6 Å². The number of rotatable bonds is 6. The van der Waals surface area contributed by atoms with Crippen LogP contribution in [-0.4, -0.2) is 63.1 Å². The Morgan fingerprint density at radius 1 is 1.09 bits per heavy atom. The normalized spacial score (nSPS) is 14.6. The molecular formula is C24H25N5O3S2. The molecule has 0 spiro atoms. The average Bonchev–Trinajstić information content (AvgIpc) is 3.28. The highest BCUT2D eigenvalue weighted by molar-refractivity contribution is 7.89. The molecule has 10 heteroatoms. The van der Waals surface area contributed by atoms with E-state index in [1.807, 2.05) is 23.6 Å². The molecule has 1 saturated heterocycles. The summed E-state index contributed by atoms with van der Waals surface area (Å²) in [4.78, 5) is 11.8. The number of sulfonamides is 1. The van der Waals surface area contributed by atoms with Gasteiger partial charge in [-0.15, -0.1) is 11.3 Å². The lowest BCUT2D eigenvalue weighted by molar-refractivity contribution is 0.122. The molecule has 1 fully saturated rings. The Labute approximate surface area is 202 Å². The van der Waals surface area contributed by atoms with Gasteiger partial charge in [0.15, 0.2) is 0 Å². The van der Waals surface area contributed by atoms with Crippen molar-refractivity contribution in [1.82, 2.24) is 14.3 Å². The highest BCUT2D eigenvalue weighted by Crippen LogP contribution is 2.34. The molecule has 0 unspecified atom stereocenters. The quantitative estimate of drug-likeness (QED) is 0.429. The Kier molecular flexibility index (Phi) is 6.22. The van der Waals surface area contributed by atoms with Crippen LogP contribution < -0.4 is 10.2 Å². The van der Waals surface area contributed by atoms with Crippen molar-refractivity contribution in [3.05, 3.63) is 60.1 Å². The summed E-state index contributed by atoms with van der Waals surface area (Å²) in [6.07, 6.45) is 1.79. The summed E-state index contributed by atoms with van der Waals surface area (Å²) in [7, 11) is -0.466. The molecule has 1 N–H and O–H groups in total. The van der Waals surface area contributed by atoms with Gasteiger partial charge in [0.1, 0.15) is 0 Å². The van der Waals surface area contributed by atoms with Gasteiger partial charge in [-0.1, -0.05) is 12.1 Å². The van der Waals surface area contributed by atoms with E-state index in [1.165, 1.54) is 29.7 Å². The molecule has 0 amide bonds. The van der Waals surface area contributed by atoms with Crippen molar-refractivity contribution in [1.29, 1.82) is 0 Å². The van der Waals surface area contributed by atoms with E-state index >= 15 is 0 Å². The van der Waals surface area contributed by atoms with Gasteiger partial charge in [0.2, 0.25) is 16.0 Å². The zero-order chi connectivity index (χ0) is 23.7. The molecule has 1 aliphatic rings. The summed E-state index contributed by atoms with van der Waals surface area (Å²) in [5.74, 6) is 0.489. The van der Waals surface area contributed by atoms with Crippen molar-refractivity contribution >= 4 is 48.9 Å². The number of anilines is 3. The largest absolute Gasteiger partial charge is 0.378 e. The van der Waals surface area contributed by atoms with E-state index in [-0.39, 0.29) is 4.90 Å². The number of ether oxygens (including phenoxy) is 1. The maximum atomic E-state index is 12.6. The van der Waals surface area contributed by atoms with E-state index in [9.17, 15) is 8.42 Å². The number of thiophene rings is 1. The van der Waals surface area contributed by atoms with Crippen molar-refractivity contribution in [3.8, 4) is 11.1 Å². The fraction of sp³-hybridized carbons (Fsp3) is 0.250. The molecule has 4 aromatic rings. The number of nitrogens with one attached hydrogen (secondary N) is 1. The van der Waals surface area contributed by atoms with Crippen LogP contribution in [-0.2, 0) is 14.8 Å². The summed E-state index contributed by atoms with van der Waals surface area (Å²) < 4.78 is 32.7. The molecule has 0 radical (unpaired) electrons. The molecule has 0 aliphatic carbocycles. The van der Waals surface area contributed by atoms with E-state index in [4.69, 9.17) is 9.72 Å². The van der Waals surface area contributed by atoms with Crippen LogP contribution >= 0.6 is 11.3 Å². The van der Waals surface area contributed by atoms with Gasteiger partial charge in [0.25, 0.3) is 0 Å². The third-order valence-electron chi connectivity index (χ3n) is 5.74. The molecule has 176 valence electrons. The van der Waals surface area contributed by atoms with Gasteiger partial charge in [-0.05, 0) is 42.0 Å². The number of hydrogen-bond acceptors (Lipinski definition) is 8. The highest BCUT2D eigenvalue weighted by atomic mass is 32.2. The number of hydrogen-bond donors (Lipinski definition) is 1. The van der Waals surface area contributed by atoms with E-state index < -0.39 is 10.0 Å². The second kappa shape index (κ2) is 9.30. The van der Waals surface area contributed by atoms with Gasteiger partial charge >= 0.3 is 0 Å². The standard InChI is InChI=1S/C24H25N5O3S2/c1-28(2)34(30,31)20-5-3-4-17(14-20)21-16-33-22-15-25-24(27-23(21)22)26-18-6-8-19(9-7-18)29-10-12-32-13-11-29/h3-9,14-16H,10-13H2,1-2H3,(H,25,26,27). The Hall–Kier alpha value is -3.05. The summed E-state index contributed by atoms with van der Waals surface area (Å²) in [5, 5.41) is 5.27. The van der Waals surface area contributed by atoms with E-state index in [1.54, 1.807) is 24.4 Å². The topological polar surface area (TPSA) is 87.7 Å². The molecule has 3 heterocycles. The molecule has 0 bridgehead atoms. The number of benzene rings is 2. The zero-order valence-electron chi connectivity index (χ0n) is 18.9. The van der Waals surface area contributed by atoms with Crippen molar-refractivity contribution in [2.24, 2.45) is 0 Å². The van der Waals surface area contributed by atoms with Crippen LogP contribution in [0.1, 0.15) is 0 Å². The number of morpholine rings is 1. The first-order valence-electron chi connectivity index (χ1n) is 10.9. The molecule has 5 rings (SSSR count). The van der Waals surface area contributed by atoms with Crippen LogP contribution in [0.5, 0.6) is 0 Å². The lowest BCUT2D eigenvalue weighted by Crippen LogP contribution is -2.36. The van der Waals surface area contributed by atoms with Crippen LogP contribution in [0, 0.1) is 0 Å². The Bertz CT molecular complexity index is 1410. The first-order valence-corrected chi connectivity index (χ1v) is 13.2. The lowest BCUT2D eigenvalue weighted by atomic mass is 10.1. The number of nitrogens with zero attached hydrogens (tertiary/aromatic N) is 4. The smallest absolute Gasteiger partial charge is 0.242 e. The SMILES string of the molecule is CN(C)S(=O)(=O)c1cccc(-c2csc3cnc(Nc4ccc(N5CCOCC5)cc4)nc23)c1. The highest BCUT2D eigenvalue weighted by Gasteiger charge is 2.19. The average molecular weight is 496 g/mol. The van der Waals surface area contributed by atoms with E-state index in [0.29, 0.717) is 5.95 Å². The van der Waals surface area contributed by atoms with Crippen LogP contribution in [0.15, 0.2) is 65.0 Å². The molecule has 1 aliphatic heterocycles. The minimum Gasteiger partial charge on any atom is -0.378 e. The van der Waals surface area contributed by atoms with Crippen LogP contribution in [0.3, 0.4) is 0 Å². The maximum absolute atomic E-state index is 12.6. The molecule has 2 aromatic carbocycles. The number of aromatic nitrogens is 2. The molecule has 8 nitrogen and oxygen atoms in total. The summed E-state index contributed by atoms with van der Waals surface area (Å²) in [6, 6.07) is 15.1. The van der Waals surface area contributed by atoms with Gasteiger partial charge in [0.05, 0.1) is 34.5 Å². The Morgan fingerprint density at radius 3 is 2.59 bits per heavy atom. The first-order chi connectivity index (χ1) is 16.4. The summed E-state index contributed by atoms with van der Waals surface area (Å²) in [6.45, 7) is 3.29. The molecule has 34 heavy (non-hydrogen) atoms. The minimum atomic E-state index is -3.52. The van der Waals surface area contributed by atoms with Crippen molar-refractivity contribution in [2.45, 2.75) is 4.90 Å². The first kappa shape index (κ1) is 22.7. The summed E-state index contributed by atoms with van der Waals surface area (Å²) >= 11 is 1.53. The Balaban J connectivity index is 1.42. The summed E-state index contributed by atoms with van der Waals surface area (Å²) in [5.41, 5.74) is 4.52. The predicted octanol–water partition coefficient (Wildman–Crippen LogP) is 4.19. The van der Waals surface area contributed by atoms with Gasteiger partial charge in [0, 0.05) is 49.5 Å². The van der Waals surface area contributed by atoms with Gasteiger partial charge in [-0.3, -0.25) is 0 Å². The Morgan fingerprint density at radius 2 is 1.85 bits per heavy atom. The monoisotopic (exact) mass is 495 g/mol. The molecule has 2 aromatic heterocycles. The van der Waals surface area contributed by atoms with Crippen molar-refractivity contribution in [3.63, 3.8) is 0 Å². The third-order valence-corrected chi connectivity index (χ3v) is 8.45. The third kappa shape index (κ3) is 4.49. The van der Waals surface area contributed by atoms with Crippen LogP contribution in [0.25, 0.3) is 21.3 Å². The fourth-order valence-electron chi connectivity index (χ4n) is 3.83. The van der Waals surface area contributed by atoms with Gasteiger partial charge < -0.3 is 15.0 Å².